The summed E-state index contributed by atoms with van der Waals surface area (Å²) >= 11 is 2.20. The van der Waals surface area contributed by atoms with E-state index in [1.54, 1.807) is 0 Å². The monoisotopic (exact) mass is 333 g/mol. The molecule has 1 saturated carbocycles. The Hall–Kier alpha value is -0.0300. The molecule has 0 saturated heterocycles. The first-order valence-corrected chi connectivity index (χ1v) is 7.37. The van der Waals surface area contributed by atoms with Gasteiger partial charge < -0.3 is 9.73 Å². The van der Waals surface area contributed by atoms with E-state index in [1.807, 2.05) is 12.1 Å². The maximum absolute atomic E-state index is 5.49. The number of hydrogen-bond donors (Lipinski definition) is 1. The topological polar surface area (TPSA) is 25.2 Å². The molecule has 0 spiro atoms. The highest BCUT2D eigenvalue weighted by atomic mass is 127. The first-order valence-electron chi connectivity index (χ1n) is 6.29. The highest BCUT2D eigenvalue weighted by molar-refractivity contribution is 14.1. The number of furan rings is 1. The van der Waals surface area contributed by atoms with Gasteiger partial charge in [-0.25, -0.2) is 0 Å². The maximum Gasteiger partial charge on any atom is 0.164 e. The molecule has 1 aromatic rings. The lowest BCUT2D eigenvalue weighted by Gasteiger charge is -2.08. The van der Waals surface area contributed by atoms with E-state index in [1.165, 1.54) is 38.5 Å². The summed E-state index contributed by atoms with van der Waals surface area (Å²) in [4.78, 5) is 0. The molecule has 0 aromatic carbocycles. The molecule has 0 amide bonds. The summed E-state index contributed by atoms with van der Waals surface area (Å²) in [6, 6.07) is 4.06. The van der Waals surface area contributed by atoms with Gasteiger partial charge in [-0.3, -0.25) is 0 Å². The van der Waals surface area contributed by atoms with E-state index in [-0.39, 0.29) is 0 Å². The van der Waals surface area contributed by atoms with Gasteiger partial charge in [0.25, 0.3) is 0 Å². The van der Waals surface area contributed by atoms with Crippen LogP contribution in [0.4, 0.5) is 0 Å². The number of nitrogens with one attached hydrogen (secondary N) is 1. The summed E-state index contributed by atoms with van der Waals surface area (Å²) in [6.07, 6.45) is 8.57. The minimum Gasteiger partial charge on any atom is -0.454 e. The van der Waals surface area contributed by atoms with Crippen molar-refractivity contribution in [1.29, 1.82) is 0 Å². The molecule has 1 heterocycles. The minimum atomic E-state index is 0.869. The first kappa shape index (κ1) is 12.4. The standard InChI is InChI=1S/C13H20INO/c14-13-8-7-12(16-13)10-15-9-3-6-11-4-1-2-5-11/h7-8,11,15H,1-6,9-10H2. The fraction of sp³-hybridized carbons (Fsp3) is 0.692. The average Bonchev–Trinajstić information content (AvgIpc) is 2.89. The number of rotatable bonds is 6. The highest BCUT2D eigenvalue weighted by Gasteiger charge is 2.13. The summed E-state index contributed by atoms with van der Waals surface area (Å²) in [5.41, 5.74) is 0. The van der Waals surface area contributed by atoms with Crippen LogP contribution in [-0.4, -0.2) is 6.54 Å². The minimum absolute atomic E-state index is 0.869. The Morgan fingerprint density at radius 3 is 2.81 bits per heavy atom. The zero-order chi connectivity index (χ0) is 11.2. The number of halogens is 1. The van der Waals surface area contributed by atoms with E-state index in [0.717, 1.165) is 28.5 Å². The fourth-order valence-corrected chi connectivity index (χ4v) is 2.94. The largest absolute Gasteiger partial charge is 0.454 e. The van der Waals surface area contributed by atoms with Crippen LogP contribution in [0.3, 0.4) is 0 Å². The lowest BCUT2D eigenvalue weighted by Crippen LogP contribution is -2.15. The van der Waals surface area contributed by atoms with Gasteiger partial charge in [0.1, 0.15) is 5.76 Å². The van der Waals surface area contributed by atoms with E-state index in [9.17, 15) is 0 Å². The van der Waals surface area contributed by atoms with Crippen molar-refractivity contribution >= 4 is 22.6 Å². The smallest absolute Gasteiger partial charge is 0.164 e. The van der Waals surface area contributed by atoms with Crippen molar-refractivity contribution in [2.24, 2.45) is 5.92 Å². The van der Waals surface area contributed by atoms with Crippen molar-refractivity contribution in [3.63, 3.8) is 0 Å². The van der Waals surface area contributed by atoms with Gasteiger partial charge >= 0.3 is 0 Å². The van der Waals surface area contributed by atoms with Gasteiger partial charge in [-0.15, -0.1) is 0 Å². The molecule has 1 fully saturated rings. The molecule has 1 aliphatic rings. The van der Waals surface area contributed by atoms with E-state index < -0.39 is 0 Å². The summed E-state index contributed by atoms with van der Waals surface area (Å²) < 4.78 is 6.46. The van der Waals surface area contributed by atoms with Crippen LogP contribution >= 0.6 is 22.6 Å². The Morgan fingerprint density at radius 2 is 2.12 bits per heavy atom. The van der Waals surface area contributed by atoms with Crippen LogP contribution in [0.5, 0.6) is 0 Å². The Bertz CT molecular complexity index is 305. The molecule has 0 atom stereocenters. The van der Waals surface area contributed by atoms with Crippen LogP contribution < -0.4 is 5.32 Å². The lowest BCUT2D eigenvalue weighted by atomic mass is 10.0. The van der Waals surface area contributed by atoms with Crippen molar-refractivity contribution in [1.82, 2.24) is 5.32 Å². The molecule has 0 unspecified atom stereocenters. The van der Waals surface area contributed by atoms with Crippen molar-refractivity contribution in [2.75, 3.05) is 6.54 Å². The van der Waals surface area contributed by atoms with Crippen LogP contribution in [0.1, 0.15) is 44.3 Å². The third-order valence-electron chi connectivity index (χ3n) is 3.37. The van der Waals surface area contributed by atoms with Crippen molar-refractivity contribution in [2.45, 2.75) is 45.1 Å². The maximum atomic E-state index is 5.49. The second-order valence-corrected chi connectivity index (χ2v) is 5.74. The van der Waals surface area contributed by atoms with Crippen LogP contribution in [0.25, 0.3) is 0 Å². The Morgan fingerprint density at radius 1 is 1.31 bits per heavy atom. The highest BCUT2D eigenvalue weighted by Crippen LogP contribution is 2.28. The van der Waals surface area contributed by atoms with Crippen molar-refractivity contribution < 1.29 is 4.42 Å². The molecule has 1 N–H and O–H groups in total. The van der Waals surface area contributed by atoms with Gasteiger partial charge in [-0.2, -0.15) is 0 Å². The number of hydrogen-bond acceptors (Lipinski definition) is 2. The predicted octanol–water partition coefficient (Wildman–Crippen LogP) is 3.94. The zero-order valence-corrected chi connectivity index (χ0v) is 11.8. The third kappa shape index (κ3) is 4.09. The molecule has 0 radical (unpaired) electrons. The van der Waals surface area contributed by atoms with Crippen molar-refractivity contribution in [3.8, 4) is 0 Å². The van der Waals surface area contributed by atoms with Gasteiger partial charge in [0.2, 0.25) is 0 Å². The molecule has 0 aliphatic heterocycles. The molecular formula is C13H20INO. The molecular weight excluding hydrogens is 313 g/mol. The van der Waals surface area contributed by atoms with Crippen LogP contribution in [0.15, 0.2) is 16.5 Å². The second kappa shape index (κ2) is 6.64. The van der Waals surface area contributed by atoms with Crippen LogP contribution in [0.2, 0.25) is 0 Å². The average molecular weight is 333 g/mol. The molecule has 1 aliphatic carbocycles. The van der Waals surface area contributed by atoms with Crippen LogP contribution in [0, 0.1) is 9.68 Å². The molecule has 2 rings (SSSR count). The van der Waals surface area contributed by atoms with Gasteiger partial charge in [0.15, 0.2) is 3.77 Å². The molecule has 90 valence electrons. The van der Waals surface area contributed by atoms with E-state index in [2.05, 4.69) is 27.9 Å². The SMILES string of the molecule is Ic1ccc(CNCCCC2CCCC2)o1. The Labute approximate surface area is 111 Å². The molecule has 16 heavy (non-hydrogen) atoms. The fourth-order valence-electron chi connectivity index (χ4n) is 2.47. The van der Waals surface area contributed by atoms with Crippen LogP contribution in [-0.2, 0) is 6.54 Å². The second-order valence-electron chi connectivity index (χ2n) is 4.68. The summed E-state index contributed by atoms with van der Waals surface area (Å²) in [7, 11) is 0. The van der Waals surface area contributed by atoms with Gasteiger partial charge in [0.05, 0.1) is 6.54 Å². The van der Waals surface area contributed by atoms with Gasteiger partial charge in [0, 0.05) is 0 Å². The van der Waals surface area contributed by atoms with Gasteiger partial charge in [-0.05, 0) is 60.0 Å². The van der Waals surface area contributed by atoms with Gasteiger partial charge in [-0.1, -0.05) is 25.7 Å². The molecule has 0 bridgehead atoms. The van der Waals surface area contributed by atoms with E-state index in [4.69, 9.17) is 4.42 Å². The lowest BCUT2D eigenvalue weighted by molar-refractivity contribution is 0.441. The molecule has 2 nitrogen and oxygen atoms in total. The Balaban J connectivity index is 1.51. The normalized spacial score (nSPS) is 17.1. The quantitative estimate of drug-likeness (QED) is 0.630. The predicted molar refractivity (Wildman–Crippen MR) is 74.3 cm³/mol. The zero-order valence-electron chi connectivity index (χ0n) is 9.68. The van der Waals surface area contributed by atoms with E-state index >= 15 is 0 Å². The van der Waals surface area contributed by atoms with Crippen molar-refractivity contribution in [3.05, 3.63) is 21.7 Å². The third-order valence-corrected chi connectivity index (χ3v) is 3.95. The summed E-state index contributed by atoms with van der Waals surface area (Å²) in [5.74, 6) is 2.07. The molecule has 3 heteroatoms. The summed E-state index contributed by atoms with van der Waals surface area (Å²) in [5, 5.41) is 3.44. The molecule has 1 aromatic heterocycles. The summed E-state index contributed by atoms with van der Waals surface area (Å²) in [6.45, 7) is 1.99. The first-order chi connectivity index (χ1) is 7.84. The van der Waals surface area contributed by atoms with E-state index in [0.29, 0.717) is 0 Å². The Kier molecular flexibility index (Phi) is 5.16.